The summed E-state index contributed by atoms with van der Waals surface area (Å²) < 4.78 is 0. The summed E-state index contributed by atoms with van der Waals surface area (Å²) in [6.45, 7) is 6.98. The zero-order valence-electron chi connectivity index (χ0n) is 11.8. The van der Waals surface area contributed by atoms with Crippen molar-refractivity contribution in [2.24, 2.45) is 0 Å². The average Bonchev–Trinajstić information content (AvgIpc) is 2.42. The maximum Gasteiger partial charge on any atom is 0.0761 e. The number of hydrogen-bond acceptors (Lipinski definition) is 2. The molecule has 2 rings (SSSR count). The normalized spacial score (nSPS) is 12.2. The molecule has 0 unspecified atom stereocenters. The number of aliphatic hydroxyl groups is 1. The van der Waals surface area contributed by atoms with Gasteiger partial charge in [-0.05, 0) is 50.1 Å². The Bertz CT molecular complexity index is 531. The molecule has 0 bridgehead atoms. The van der Waals surface area contributed by atoms with E-state index >= 15 is 0 Å². The Morgan fingerprint density at radius 2 is 1.68 bits per heavy atom. The van der Waals surface area contributed by atoms with Gasteiger partial charge in [0.15, 0.2) is 0 Å². The van der Waals surface area contributed by atoms with Crippen molar-refractivity contribution >= 4 is 11.4 Å². The van der Waals surface area contributed by atoms with Crippen LogP contribution in [0.4, 0.5) is 11.4 Å². The fraction of sp³-hybridized carbons (Fsp3) is 0.294. The molecule has 19 heavy (non-hydrogen) atoms. The fourth-order valence-electron chi connectivity index (χ4n) is 2.29. The third kappa shape index (κ3) is 2.96. The van der Waals surface area contributed by atoms with Crippen LogP contribution in [0.2, 0.25) is 0 Å². The van der Waals surface area contributed by atoms with Crippen molar-refractivity contribution in [3.05, 3.63) is 59.7 Å². The largest absolute Gasteiger partial charge is 0.389 e. The first-order chi connectivity index (χ1) is 9.13. The predicted molar refractivity (Wildman–Crippen MR) is 80.9 cm³/mol. The molecule has 1 atom stereocenters. The van der Waals surface area contributed by atoms with E-state index < -0.39 is 6.10 Å². The minimum Gasteiger partial charge on any atom is -0.389 e. The molecule has 2 heteroatoms. The van der Waals surface area contributed by atoms with E-state index in [1.807, 2.05) is 12.1 Å². The van der Waals surface area contributed by atoms with Crippen LogP contribution in [0, 0.1) is 6.92 Å². The summed E-state index contributed by atoms with van der Waals surface area (Å²) in [7, 11) is 0. The molecule has 0 saturated heterocycles. The lowest BCUT2D eigenvalue weighted by molar-refractivity contribution is 0.199. The van der Waals surface area contributed by atoms with Crippen LogP contribution in [0.1, 0.15) is 31.1 Å². The van der Waals surface area contributed by atoms with Crippen LogP contribution in [0.3, 0.4) is 0 Å². The van der Waals surface area contributed by atoms with E-state index in [0.717, 1.165) is 17.8 Å². The molecule has 0 aromatic heterocycles. The Kier molecular flexibility index (Phi) is 4.23. The van der Waals surface area contributed by atoms with Crippen molar-refractivity contribution in [2.75, 3.05) is 11.4 Å². The van der Waals surface area contributed by atoms with Gasteiger partial charge in [-0.3, -0.25) is 0 Å². The zero-order chi connectivity index (χ0) is 13.8. The Balaban J connectivity index is 2.35. The predicted octanol–water partition coefficient (Wildman–Crippen LogP) is 4.21. The summed E-state index contributed by atoms with van der Waals surface area (Å²) in [5, 5.41) is 9.56. The fourth-order valence-corrected chi connectivity index (χ4v) is 2.29. The van der Waals surface area contributed by atoms with Crippen LogP contribution in [0.15, 0.2) is 48.5 Å². The van der Waals surface area contributed by atoms with Gasteiger partial charge in [0.2, 0.25) is 0 Å². The van der Waals surface area contributed by atoms with Crippen molar-refractivity contribution in [3.8, 4) is 0 Å². The maximum absolute atomic E-state index is 9.56. The Hall–Kier alpha value is -1.80. The van der Waals surface area contributed by atoms with Crippen molar-refractivity contribution in [3.63, 3.8) is 0 Å². The van der Waals surface area contributed by atoms with E-state index in [1.54, 1.807) is 6.92 Å². The van der Waals surface area contributed by atoms with Gasteiger partial charge in [0.1, 0.15) is 0 Å². The molecule has 0 radical (unpaired) electrons. The Morgan fingerprint density at radius 1 is 1.05 bits per heavy atom. The number of anilines is 2. The second-order valence-electron chi connectivity index (χ2n) is 4.80. The highest BCUT2D eigenvalue weighted by molar-refractivity contribution is 5.66. The molecule has 0 heterocycles. The molecule has 2 aromatic carbocycles. The molecule has 2 aromatic rings. The van der Waals surface area contributed by atoms with Crippen molar-refractivity contribution in [1.82, 2.24) is 0 Å². The molecule has 0 aliphatic heterocycles. The van der Waals surface area contributed by atoms with Gasteiger partial charge in [-0.1, -0.05) is 30.3 Å². The molecular weight excluding hydrogens is 234 g/mol. The minimum atomic E-state index is -0.414. The minimum absolute atomic E-state index is 0.414. The average molecular weight is 255 g/mol. The second-order valence-corrected chi connectivity index (χ2v) is 4.80. The lowest BCUT2D eigenvalue weighted by Crippen LogP contribution is -2.17. The summed E-state index contributed by atoms with van der Waals surface area (Å²) in [5.74, 6) is 0. The monoisotopic (exact) mass is 255 g/mol. The number of rotatable bonds is 4. The molecule has 0 amide bonds. The van der Waals surface area contributed by atoms with E-state index in [1.165, 1.54) is 11.3 Å². The summed E-state index contributed by atoms with van der Waals surface area (Å²) in [6, 6.07) is 16.5. The van der Waals surface area contributed by atoms with Crippen LogP contribution in [-0.2, 0) is 0 Å². The highest BCUT2D eigenvalue weighted by Crippen LogP contribution is 2.28. The molecule has 0 aliphatic rings. The van der Waals surface area contributed by atoms with Gasteiger partial charge in [-0.15, -0.1) is 0 Å². The van der Waals surface area contributed by atoms with Gasteiger partial charge in [0.25, 0.3) is 0 Å². The summed E-state index contributed by atoms with van der Waals surface area (Å²) in [6.07, 6.45) is -0.414. The molecule has 100 valence electrons. The Morgan fingerprint density at radius 3 is 2.21 bits per heavy atom. The maximum atomic E-state index is 9.56. The Labute approximate surface area is 115 Å². The first-order valence-corrected chi connectivity index (χ1v) is 6.74. The lowest BCUT2D eigenvalue weighted by Gasteiger charge is -2.25. The van der Waals surface area contributed by atoms with Gasteiger partial charge >= 0.3 is 0 Å². The zero-order valence-corrected chi connectivity index (χ0v) is 11.8. The molecule has 2 nitrogen and oxygen atoms in total. The summed E-state index contributed by atoms with van der Waals surface area (Å²) in [5.41, 5.74) is 4.60. The van der Waals surface area contributed by atoms with Gasteiger partial charge < -0.3 is 10.0 Å². The third-order valence-electron chi connectivity index (χ3n) is 3.41. The van der Waals surface area contributed by atoms with Crippen LogP contribution in [0.25, 0.3) is 0 Å². The van der Waals surface area contributed by atoms with Crippen LogP contribution < -0.4 is 4.90 Å². The van der Waals surface area contributed by atoms with Crippen LogP contribution in [-0.4, -0.2) is 11.7 Å². The topological polar surface area (TPSA) is 23.5 Å². The van der Waals surface area contributed by atoms with E-state index in [4.69, 9.17) is 0 Å². The standard InChI is InChI=1S/C17H21NO/c1-4-18(17-8-6-5-7-13(17)2)16-11-9-15(10-12-16)14(3)19/h5-12,14,19H,4H2,1-3H3/t14-/m1/s1. The van der Waals surface area contributed by atoms with E-state index in [2.05, 4.69) is 55.1 Å². The van der Waals surface area contributed by atoms with Crippen LogP contribution in [0.5, 0.6) is 0 Å². The number of aryl methyl sites for hydroxylation is 1. The van der Waals surface area contributed by atoms with Gasteiger partial charge in [0, 0.05) is 17.9 Å². The molecule has 0 aliphatic carbocycles. The number of benzene rings is 2. The van der Waals surface area contributed by atoms with Gasteiger partial charge in [0.05, 0.1) is 6.10 Å². The van der Waals surface area contributed by atoms with Crippen molar-refractivity contribution in [2.45, 2.75) is 26.9 Å². The molecule has 0 saturated carbocycles. The molecule has 0 fully saturated rings. The van der Waals surface area contributed by atoms with E-state index in [0.29, 0.717) is 0 Å². The highest BCUT2D eigenvalue weighted by Gasteiger charge is 2.09. The quantitative estimate of drug-likeness (QED) is 0.884. The highest BCUT2D eigenvalue weighted by atomic mass is 16.3. The lowest BCUT2D eigenvalue weighted by atomic mass is 10.1. The SMILES string of the molecule is CCN(c1ccc([C@@H](C)O)cc1)c1ccccc1C. The summed E-state index contributed by atoms with van der Waals surface area (Å²) >= 11 is 0. The van der Waals surface area contributed by atoms with E-state index in [-0.39, 0.29) is 0 Å². The first kappa shape index (κ1) is 13.6. The molecule has 1 N–H and O–H groups in total. The van der Waals surface area contributed by atoms with Crippen LogP contribution >= 0.6 is 0 Å². The van der Waals surface area contributed by atoms with Gasteiger partial charge in [-0.25, -0.2) is 0 Å². The smallest absolute Gasteiger partial charge is 0.0761 e. The summed E-state index contributed by atoms with van der Waals surface area (Å²) in [4.78, 5) is 2.28. The molecular formula is C17H21NO. The number of para-hydroxylation sites is 1. The van der Waals surface area contributed by atoms with Crippen molar-refractivity contribution < 1.29 is 5.11 Å². The first-order valence-electron chi connectivity index (χ1n) is 6.74. The number of nitrogens with zero attached hydrogens (tertiary/aromatic N) is 1. The number of aliphatic hydroxyl groups excluding tert-OH is 1. The van der Waals surface area contributed by atoms with Gasteiger partial charge in [-0.2, -0.15) is 0 Å². The van der Waals surface area contributed by atoms with E-state index in [9.17, 15) is 5.11 Å². The third-order valence-corrected chi connectivity index (χ3v) is 3.41. The van der Waals surface area contributed by atoms with Crippen molar-refractivity contribution in [1.29, 1.82) is 0 Å². The second kappa shape index (κ2) is 5.89. The number of hydrogen-bond donors (Lipinski definition) is 1. The molecule has 0 spiro atoms.